The van der Waals surface area contributed by atoms with E-state index in [0.717, 1.165) is 10.9 Å². The van der Waals surface area contributed by atoms with Gasteiger partial charge in [0.05, 0.1) is 16.6 Å². The summed E-state index contributed by atoms with van der Waals surface area (Å²) in [5.41, 5.74) is 2.72. The molecule has 0 fully saturated rings. The predicted molar refractivity (Wildman–Crippen MR) is 110 cm³/mol. The first-order valence-electron chi connectivity index (χ1n) is 8.93. The molecule has 5 rings (SSSR count). The summed E-state index contributed by atoms with van der Waals surface area (Å²) in [6.45, 7) is 0. The first kappa shape index (κ1) is 19.0. The summed E-state index contributed by atoms with van der Waals surface area (Å²) in [7, 11) is 0. The van der Waals surface area contributed by atoms with E-state index in [1.807, 2.05) is 66.7 Å². The quantitative estimate of drug-likeness (QED) is 0.382. The molecule has 0 saturated carbocycles. The third kappa shape index (κ3) is 3.24. The molecule has 3 aromatic carbocycles. The summed E-state index contributed by atoms with van der Waals surface area (Å²) in [6.07, 6.45) is 0. The van der Waals surface area contributed by atoms with Gasteiger partial charge in [-0.05, 0) is 18.2 Å². The number of hydrogen-bond donors (Lipinski definition) is 1. The molecule has 0 aliphatic rings. The van der Waals surface area contributed by atoms with Crippen LogP contribution in [0, 0.1) is 0 Å². The van der Waals surface area contributed by atoms with E-state index in [0.29, 0.717) is 27.8 Å². The van der Waals surface area contributed by atoms with E-state index in [9.17, 15) is 9.90 Å². The van der Waals surface area contributed by atoms with Gasteiger partial charge < -0.3 is 9.52 Å². The molecule has 0 aliphatic heterocycles. The van der Waals surface area contributed by atoms with E-state index in [-0.39, 0.29) is 25.2 Å². The van der Waals surface area contributed by atoms with Crippen molar-refractivity contribution in [3.63, 3.8) is 0 Å². The maximum Gasteiger partial charge on any atom is 0.235 e. The van der Waals surface area contributed by atoms with Crippen LogP contribution in [0.2, 0.25) is 0 Å². The average Bonchev–Trinajstić information content (AvgIpc) is 2.76. The van der Waals surface area contributed by atoms with E-state index in [1.165, 1.54) is 0 Å². The van der Waals surface area contributed by atoms with Gasteiger partial charge in [-0.15, -0.1) is 0 Å². The van der Waals surface area contributed by atoms with Gasteiger partial charge in [0.1, 0.15) is 5.58 Å². The molecular formula is C24H15NO3Zn. The zero-order valence-corrected chi connectivity index (χ0v) is 18.5. The van der Waals surface area contributed by atoms with E-state index in [2.05, 4.69) is 4.98 Å². The molecule has 136 valence electrons. The Bertz CT molecular complexity index is 1390. The number of hydrogen-bond acceptors (Lipinski definition) is 4. The number of fused-ring (bicyclic) bond motifs is 2. The molecule has 0 spiro atoms. The summed E-state index contributed by atoms with van der Waals surface area (Å²) in [6, 6.07) is 26.1. The van der Waals surface area contributed by atoms with Crippen molar-refractivity contribution in [1.29, 1.82) is 0 Å². The van der Waals surface area contributed by atoms with Crippen molar-refractivity contribution in [2.24, 2.45) is 0 Å². The van der Waals surface area contributed by atoms with Gasteiger partial charge in [0, 0.05) is 36.0 Å². The zero-order valence-electron chi connectivity index (χ0n) is 15.5. The van der Waals surface area contributed by atoms with Crippen molar-refractivity contribution in [3.05, 3.63) is 95.2 Å². The minimum absolute atomic E-state index is 0. The number of pyridine rings is 1. The molecule has 0 unspecified atom stereocenters. The fourth-order valence-corrected chi connectivity index (χ4v) is 3.44. The molecule has 2 heterocycles. The van der Waals surface area contributed by atoms with Crippen LogP contribution in [-0.4, -0.2) is 10.1 Å². The SMILES string of the molecule is O=c1c(O)c(-c2ccccc2)oc2cccc(-c3ccc4ccccc4n3)c12.[Zn]. The number of benzene rings is 3. The molecule has 2 aromatic heterocycles. The third-order valence-electron chi connectivity index (χ3n) is 4.81. The normalized spacial score (nSPS) is 10.8. The Hall–Kier alpha value is -3.30. The summed E-state index contributed by atoms with van der Waals surface area (Å²) < 4.78 is 5.93. The molecule has 5 heteroatoms. The monoisotopic (exact) mass is 429 g/mol. The van der Waals surface area contributed by atoms with Gasteiger partial charge in [0.2, 0.25) is 11.2 Å². The molecule has 0 radical (unpaired) electrons. The molecular weight excluding hydrogens is 416 g/mol. The smallest absolute Gasteiger partial charge is 0.235 e. The van der Waals surface area contributed by atoms with E-state index in [1.54, 1.807) is 18.2 Å². The van der Waals surface area contributed by atoms with Crippen molar-refractivity contribution in [2.75, 3.05) is 0 Å². The second-order valence-electron chi connectivity index (χ2n) is 6.54. The first-order chi connectivity index (χ1) is 13.7. The molecule has 1 N–H and O–H groups in total. The molecule has 0 aliphatic carbocycles. The predicted octanol–water partition coefficient (Wildman–Crippen LogP) is 5.38. The van der Waals surface area contributed by atoms with Gasteiger partial charge in [-0.3, -0.25) is 4.79 Å². The van der Waals surface area contributed by atoms with Crippen molar-refractivity contribution in [3.8, 4) is 28.3 Å². The Morgan fingerprint density at radius 3 is 2.38 bits per heavy atom. The van der Waals surface area contributed by atoms with Crippen LogP contribution in [0.25, 0.3) is 44.5 Å². The molecule has 0 bridgehead atoms. The van der Waals surface area contributed by atoms with Crippen LogP contribution < -0.4 is 5.43 Å². The van der Waals surface area contributed by atoms with Gasteiger partial charge in [-0.1, -0.05) is 66.7 Å². The van der Waals surface area contributed by atoms with E-state index >= 15 is 0 Å². The van der Waals surface area contributed by atoms with Crippen LogP contribution in [0.1, 0.15) is 0 Å². The largest absolute Gasteiger partial charge is 0.502 e. The number of aromatic nitrogens is 1. The van der Waals surface area contributed by atoms with Crippen LogP contribution in [0.5, 0.6) is 5.75 Å². The summed E-state index contributed by atoms with van der Waals surface area (Å²) in [4.78, 5) is 17.7. The minimum Gasteiger partial charge on any atom is -0.502 e. The van der Waals surface area contributed by atoms with E-state index in [4.69, 9.17) is 4.42 Å². The number of rotatable bonds is 2. The molecule has 0 atom stereocenters. The second-order valence-corrected chi connectivity index (χ2v) is 6.54. The first-order valence-corrected chi connectivity index (χ1v) is 8.93. The van der Waals surface area contributed by atoms with Crippen LogP contribution in [0.3, 0.4) is 0 Å². The van der Waals surface area contributed by atoms with E-state index < -0.39 is 11.2 Å². The Morgan fingerprint density at radius 1 is 0.793 bits per heavy atom. The maximum absolute atomic E-state index is 13.0. The van der Waals surface area contributed by atoms with Gasteiger partial charge in [0.25, 0.3) is 0 Å². The topological polar surface area (TPSA) is 63.3 Å². The molecule has 4 nitrogen and oxygen atoms in total. The van der Waals surface area contributed by atoms with Gasteiger partial charge in [-0.2, -0.15) is 0 Å². The van der Waals surface area contributed by atoms with Crippen molar-refractivity contribution in [1.82, 2.24) is 4.98 Å². The number of aromatic hydroxyl groups is 1. The Kier molecular flexibility index (Phi) is 5.00. The van der Waals surface area contributed by atoms with Gasteiger partial charge >= 0.3 is 0 Å². The maximum atomic E-state index is 13.0. The van der Waals surface area contributed by atoms with Crippen molar-refractivity contribution in [2.45, 2.75) is 0 Å². The van der Waals surface area contributed by atoms with Crippen LogP contribution in [-0.2, 0) is 19.5 Å². The number of nitrogens with zero attached hydrogens (tertiary/aromatic N) is 1. The summed E-state index contributed by atoms with van der Waals surface area (Å²) in [5, 5.41) is 11.9. The minimum atomic E-state index is -0.467. The summed E-state index contributed by atoms with van der Waals surface area (Å²) >= 11 is 0. The standard InChI is InChI=1S/C24H15NO3.Zn/c26-22-21-17(19-14-13-15-7-4-5-11-18(15)25-19)10-6-12-20(21)28-24(23(22)27)16-8-2-1-3-9-16;/h1-14,27H;. The van der Waals surface area contributed by atoms with Crippen molar-refractivity contribution >= 4 is 21.9 Å². The van der Waals surface area contributed by atoms with Gasteiger partial charge in [0.15, 0.2) is 5.76 Å². The van der Waals surface area contributed by atoms with Crippen LogP contribution >= 0.6 is 0 Å². The third-order valence-corrected chi connectivity index (χ3v) is 4.81. The number of para-hydroxylation sites is 1. The average molecular weight is 431 g/mol. The van der Waals surface area contributed by atoms with Crippen LogP contribution in [0.15, 0.2) is 94.1 Å². The van der Waals surface area contributed by atoms with Gasteiger partial charge in [-0.25, -0.2) is 4.98 Å². The van der Waals surface area contributed by atoms with Crippen molar-refractivity contribution < 1.29 is 29.0 Å². The Balaban J connectivity index is 0.00000205. The molecule has 5 aromatic rings. The second kappa shape index (κ2) is 7.61. The zero-order chi connectivity index (χ0) is 19.1. The Morgan fingerprint density at radius 2 is 1.55 bits per heavy atom. The molecule has 0 saturated heterocycles. The van der Waals surface area contributed by atoms with Crippen LogP contribution in [0.4, 0.5) is 0 Å². The Labute approximate surface area is 179 Å². The molecule has 0 amide bonds. The summed E-state index contributed by atoms with van der Waals surface area (Å²) in [5.74, 6) is -0.228. The fourth-order valence-electron chi connectivity index (χ4n) is 3.44. The molecule has 29 heavy (non-hydrogen) atoms. The fraction of sp³-hybridized carbons (Fsp3) is 0.